The third kappa shape index (κ3) is 3.33. The average Bonchev–Trinajstić information content (AvgIpc) is 2.95. The summed E-state index contributed by atoms with van der Waals surface area (Å²) in [6, 6.07) is -0.0136. The number of ether oxygens (including phenoxy) is 1. The number of hydrogen-bond acceptors (Lipinski definition) is 5. The van der Waals surface area contributed by atoms with Crippen LogP contribution in [0, 0.1) is 12.8 Å². The van der Waals surface area contributed by atoms with Gasteiger partial charge in [0.15, 0.2) is 0 Å². The zero-order chi connectivity index (χ0) is 14.9. The zero-order valence-corrected chi connectivity index (χ0v) is 13.6. The normalized spacial score (nSPS) is 20.9. The van der Waals surface area contributed by atoms with Gasteiger partial charge in [0.25, 0.3) is 15.0 Å². The molecule has 2 atom stereocenters. The van der Waals surface area contributed by atoms with Crippen molar-refractivity contribution in [3.05, 3.63) is 16.5 Å². The molecule has 0 bridgehead atoms. The minimum absolute atomic E-state index is 0.0136. The van der Waals surface area contributed by atoms with Crippen molar-refractivity contribution in [2.75, 3.05) is 13.2 Å². The van der Waals surface area contributed by atoms with E-state index in [1.165, 1.54) is 5.38 Å². The van der Waals surface area contributed by atoms with E-state index in [1.54, 1.807) is 6.92 Å². The van der Waals surface area contributed by atoms with E-state index < -0.39 is 9.05 Å². The van der Waals surface area contributed by atoms with Gasteiger partial charge in [0.2, 0.25) is 0 Å². The van der Waals surface area contributed by atoms with Crippen LogP contribution in [0.2, 0.25) is 0 Å². The van der Waals surface area contributed by atoms with Crippen LogP contribution < -0.4 is 5.32 Å². The summed E-state index contributed by atoms with van der Waals surface area (Å²) in [5.41, 5.74) is 0.761. The number of carbonyl (C=O) groups is 1. The fourth-order valence-electron chi connectivity index (χ4n) is 2.21. The van der Waals surface area contributed by atoms with E-state index in [0.29, 0.717) is 23.7 Å². The predicted octanol–water partition coefficient (Wildman–Crippen LogP) is 2.14. The molecule has 1 amide bonds. The minimum Gasteiger partial charge on any atom is -0.381 e. The quantitative estimate of drug-likeness (QED) is 0.854. The molecular weight excluding hydrogens is 322 g/mol. The molecule has 1 aliphatic rings. The molecule has 5 nitrogen and oxygen atoms in total. The first-order valence-corrected chi connectivity index (χ1v) is 9.41. The Morgan fingerprint density at radius 2 is 2.30 bits per heavy atom. The van der Waals surface area contributed by atoms with E-state index in [-0.39, 0.29) is 16.2 Å². The molecule has 1 aliphatic heterocycles. The van der Waals surface area contributed by atoms with Gasteiger partial charge in [-0.25, -0.2) is 8.42 Å². The van der Waals surface area contributed by atoms with Crippen LogP contribution in [0.15, 0.2) is 9.59 Å². The van der Waals surface area contributed by atoms with Crippen LogP contribution in [0.3, 0.4) is 0 Å². The molecular formula is C12H16ClNO4S2. The van der Waals surface area contributed by atoms with Gasteiger partial charge in [0, 0.05) is 34.6 Å². The van der Waals surface area contributed by atoms with Crippen molar-refractivity contribution in [1.29, 1.82) is 0 Å². The standard InChI is InChI=1S/C12H16ClNO4S2/c1-7-10(6-19-12(7)20(13,16)17)11(15)14-8(2)9-3-4-18-5-9/h6,8-9H,3-5H2,1-2H3,(H,14,15). The number of thiophene rings is 1. The van der Waals surface area contributed by atoms with E-state index in [1.807, 2.05) is 6.92 Å². The van der Waals surface area contributed by atoms with Crippen LogP contribution in [0.25, 0.3) is 0 Å². The predicted molar refractivity (Wildman–Crippen MR) is 77.9 cm³/mol. The average molecular weight is 338 g/mol. The highest BCUT2D eigenvalue weighted by Crippen LogP contribution is 2.29. The molecule has 1 N–H and O–H groups in total. The minimum atomic E-state index is -3.80. The van der Waals surface area contributed by atoms with Gasteiger partial charge in [-0.05, 0) is 25.8 Å². The fourth-order valence-corrected chi connectivity index (χ4v) is 4.76. The summed E-state index contributed by atoms with van der Waals surface area (Å²) in [6.07, 6.45) is 0.922. The Morgan fingerprint density at radius 3 is 2.80 bits per heavy atom. The number of hydrogen-bond donors (Lipinski definition) is 1. The van der Waals surface area contributed by atoms with Crippen molar-refractivity contribution in [3.63, 3.8) is 0 Å². The molecule has 0 spiro atoms. The number of amides is 1. The maximum absolute atomic E-state index is 12.2. The number of rotatable bonds is 4. The van der Waals surface area contributed by atoms with E-state index in [9.17, 15) is 13.2 Å². The van der Waals surface area contributed by atoms with E-state index in [2.05, 4.69) is 5.32 Å². The first-order valence-electron chi connectivity index (χ1n) is 6.22. The maximum Gasteiger partial charge on any atom is 0.271 e. The van der Waals surface area contributed by atoms with E-state index in [0.717, 1.165) is 24.4 Å². The highest BCUT2D eigenvalue weighted by Gasteiger charge is 2.26. The molecule has 2 unspecified atom stereocenters. The molecule has 1 fully saturated rings. The first kappa shape index (κ1) is 15.8. The lowest BCUT2D eigenvalue weighted by molar-refractivity contribution is 0.0922. The van der Waals surface area contributed by atoms with Crippen molar-refractivity contribution >= 4 is 37.0 Å². The Hall–Kier alpha value is -0.630. The Balaban J connectivity index is 2.12. The molecule has 1 aromatic rings. The number of nitrogens with one attached hydrogen (secondary N) is 1. The monoisotopic (exact) mass is 337 g/mol. The lowest BCUT2D eigenvalue weighted by Gasteiger charge is -2.19. The summed E-state index contributed by atoms with van der Waals surface area (Å²) < 4.78 is 28.0. The molecule has 0 aliphatic carbocycles. The van der Waals surface area contributed by atoms with Crippen molar-refractivity contribution in [2.24, 2.45) is 5.92 Å². The molecule has 112 valence electrons. The van der Waals surface area contributed by atoms with Gasteiger partial charge in [-0.1, -0.05) is 0 Å². The summed E-state index contributed by atoms with van der Waals surface area (Å²) in [5.74, 6) is 0.0267. The van der Waals surface area contributed by atoms with Crippen molar-refractivity contribution < 1.29 is 17.9 Å². The highest BCUT2D eigenvalue weighted by molar-refractivity contribution is 8.15. The van der Waals surface area contributed by atoms with Crippen molar-refractivity contribution in [1.82, 2.24) is 5.32 Å². The summed E-state index contributed by atoms with van der Waals surface area (Å²) in [5, 5.41) is 4.42. The van der Waals surface area contributed by atoms with E-state index in [4.69, 9.17) is 15.4 Å². The van der Waals surface area contributed by atoms with Gasteiger partial charge in [0.1, 0.15) is 4.21 Å². The third-order valence-electron chi connectivity index (χ3n) is 3.49. The summed E-state index contributed by atoms with van der Waals surface area (Å²) in [6.45, 7) is 4.88. The molecule has 2 heterocycles. The fraction of sp³-hybridized carbons (Fsp3) is 0.583. The van der Waals surface area contributed by atoms with Crippen LogP contribution >= 0.6 is 22.0 Å². The van der Waals surface area contributed by atoms with Gasteiger partial charge in [0.05, 0.1) is 12.2 Å². The molecule has 20 heavy (non-hydrogen) atoms. The SMILES string of the molecule is Cc1c(C(=O)NC(C)C2CCOC2)csc1S(=O)(=O)Cl. The van der Waals surface area contributed by atoms with Crippen LogP contribution in [-0.4, -0.2) is 33.6 Å². The van der Waals surface area contributed by atoms with Crippen LogP contribution in [0.4, 0.5) is 0 Å². The molecule has 0 saturated carbocycles. The van der Waals surface area contributed by atoms with Gasteiger partial charge >= 0.3 is 0 Å². The van der Waals surface area contributed by atoms with Crippen LogP contribution in [-0.2, 0) is 13.8 Å². The molecule has 8 heteroatoms. The summed E-state index contributed by atoms with van der Waals surface area (Å²) in [4.78, 5) is 12.2. The Kier molecular flexibility index (Phi) is 4.73. The van der Waals surface area contributed by atoms with Crippen LogP contribution in [0.5, 0.6) is 0 Å². The number of halogens is 1. The zero-order valence-electron chi connectivity index (χ0n) is 11.2. The second kappa shape index (κ2) is 6.01. The van der Waals surface area contributed by atoms with Gasteiger partial charge in [-0.3, -0.25) is 4.79 Å². The molecule has 1 aromatic heterocycles. The molecule has 0 aromatic carbocycles. The Labute approximate surface area is 126 Å². The van der Waals surface area contributed by atoms with Gasteiger partial charge < -0.3 is 10.1 Å². The third-order valence-corrected chi connectivity index (χ3v) is 6.80. The van der Waals surface area contributed by atoms with Crippen molar-refractivity contribution in [2.45, 2.75) is 30.5 Å². The summed E-state index contributed by atoms with van der Waals surface area (Å²) in [7, 11) is 1.53. The Bertz CT molecular complexity index is 605. The maximum atomic E-state index is 12.2. The molecule has 2 rings (SSSR count). The molecule has 0 radical (unpaired) electrons. The van der Waals surface area contributed by atoms with E-state index >= 15 is 0 Å². The second-order valence-electron chi connectivity index (χ2n) is 4.89. The lowest BCUT2D eigenvalue weighted by Crippen LogP contribution is -2.38. The smallest absolute Gasteiger partial charge is 0.271 e. The first-order chi connectivity index (χ1) is 9.30. The Morgan fingerprint density at radius 1 is 1.60 bits per heavy atom. The van der Waals surface area contributed by atoms with Crippen molar-refractivity contribution in [3.8, 4) is 0 Å². The second-order valence-corrected chi connectivity index (χ2v) is 8.53. The lowest BCUT2D eigenvalue weighted by atomic mass is 10.0. The largest absolute Gasteiger partial charge is 0.381 e. The highest BCUT2D eigenvalue weighted by atomic mass is 35.7. The van der Waals surface area contributed by atoms with Crippen LogP contribution in [0.1, 0.15) is 29.3 Å². The molecule has 1 saturated heterocycles. The summed E-state index contributed by atoms with van der Waals surface area (Å²) >= 11 is 0.965. The van der Waals surface area contributed by atoms with Gasteiger partial charge in [-0.15, -0.1) is 11.3 Å². The van der Waals surface area contributed by atoms with Gasteiger partial charge in [-0.2, -0.15) is 0 Å². The number of carbonyl (C=O) groups excluding carboxylic acids is 1. The topological polar surface area (TPSA) is 72.5 Å².